The minimum atomic E-state index is -0.293. The lowest BCUT2D eigenvalue weighted by Crippen LogP contribution is -2.29. The Kier molecular flexibility index (Phi) is 5.03. The lowest BCUT2D eigenvalue weighted by Gasteiger charge is -2.20. The van der Waals surface area contributed by atoms with Gasteiger partial charge in [-0.1, -0.05) is 24.3 Å². The molecule has 0 bridgehead atoms. The van der Waals surface area contributed by atoms with Gasteiger partial charge in [0, 0.05) is 13.1 Å². The number of nitrogens with zero attached hydrogens (tertiary/aromatic N) is 1. The van der Waals surface area contributed by atoms with Gasteiger partial charge in [0.05, 0.1) is 23.9 Å². The normalized spacial score (nSPS) is 13.6. The molecule has 0 aliphatic carbocycles. The van der Waals surface area contributed by atoms with E-state index in [4.69, 9.17) is 4.74 Å². The van der Waals surface area contributed by atoms with Crippen molar-refractivity contribution in [3.8, 4) is 5.75 Å². The summed E-state index contributed by atoms with van der Waals surface area (Å²) in [4.78, 5) is 27.4. The lowest BCUT2D eigenvalue weighted by molar-refractivity contribution is 0.0793. The maximum Gasteiger partial charge on any atom is 0.259 e. The van der Waals surface area contributed by atoms with Gasteiger partial charge in [0.15, 0.2) is 0 Å². The van der Waals surface area contributed by atoms with Crippen LogP contribution in [0.1, 0.15) is 39.1 Å². The fourth-order valence-electron chi connectivity index (χ4n) is 3.16. The zero-order chi connectivity index (χ0) is 17.8. The van der Waals surface area contributed by atoms with Crippen LogP contribution in [0.25, 0.3) is 0 Å². The molecule has 5 heteroatoms. The Hall–Kier alpha value is -2.82. The second kappa shape index (κ2) is 7.38. The van der Waals surface area contributed by atoms with E-state index >= 15 is 0 Å². The standard InChI is InChI=1S/C20H22N2O3/c1-14-8-7-10-16(18(14)20(24)22-12-5-6-13-22)21-19(23)15-9-3-4-11-17(15)25-2/h3-4,7-11H,5-6,12-13H2,1-2H3,(H,21,23). The molecule has 2 aromatic carbocycles. The molecule has 0 spiro atoms. The van der Waals surface area contributed by atoms with Crippen molar-refractivity contribution in [2.24, 2.45) is 0 Å². The predicted molar refractivity (Wildman–Crippen MR) is 97.3 cm³/mol. The third kappa shape index (κ3) is 3.50. The molecule has 0 saturated carbocycles. The molecule has 2 aromatic rings. The number of benzene rings is 2. The monoisotopic (exact) mass is 338 g/mol. The van der Waals surface area contributed by atoms with Crippen molar-refractivity contribution in [2.45, 2.75) is 19.8 Å². The molecule has 1 aliphatic heterocycles. The summed E-state index contributed by atoms with van der Waals surface area (Å²) >= 11 is 0. The molecule has 0 atom stereocenters. The molecule has 1 saturated heterocycles. The molecule has 1 aliphatic rings. The number of hydrogen-bond acceptors (Lipinski definition) is 3. The van der Waals surface area contributed by atoms with Gasteiger partial charge in [0.1, 0.15) is 5.75 Å². The molecular formula is C20H22N2O3. The minimum Gasteiger partial charge on any atom is -0.496 e. The maximum absolute atomic E-state index is 12.9. The highest BCUT2D eigenvalue weighted by molar-refractivity contribution is 6.10. The van der Waals surface area contributed by atoms with E-state index in [0.29, 0.717) is 22.6 Å². The summed E-state index contributed by atoms with van der Waals surface area (Å²) in [5, 5.41) is 2.88. The third-order valence-electron chi connectivity index (χ3n) is 4.48. The number of ether oxygens (including phenoxy) is 1. The molecule has 5 nitrogen and oxygen atoms in total. The van der Waals surface area contributed by atoms with Crippen LogP contribution >= 0.6 is 0 Å². The first-order chi connectivity index (χ1) is 12.1. The number of para-hydroxylation sites is 1. The smallest absolute Gasteiger partial charge is 0.259 e. The van der Waals surface area contributed by atoms with Gasteiger partial charge in [-0.15, -0.1) is 0 Å². The van der Waals surface area contributed by atoms with Gasteiger partial charge in [-0.2, -0.15) is 0 Å². The molecule has 1 fully saturated rings. The van der Waals surface area contributed by atoms with Crippen LogP contribution in [0, 0.1) is 6.92 Å². The van der Waals surface area contributed by atoms with Crippen molar-refractivity contribution in [1.82, 2.24) is 4.90 Å². The average molecular weight is 338 g/mol. The minimum absolute atomic E-state index is 0.0223. The van der Waals surface area contributed by atoms with E-state index in [2.05, 4.69) is 5.32 Å². The lowest BCUT2D eigenvalue weighted by atomic mass is 10.0. The summed E-state index contributed by atoms with van der Waals surface area (Å²) in [7, 11) is 1.53. The average Bonchev–Trinajstić information content (AvgIpc) is 3.16. The van der Waals surface area contributed by atoms with Gasteiger partial charge < -0.3 is 15.0 Å². The summed E-state index contributed by atoms with van der Waals surface area (Å²) in [5.74, 6) is 0.185. The molecular weight excluding hydrogens is 316 g/mol. The molecule has 0 radical (unpaired) electrons. The first kappa shape index (κ1) is 17.0. The van der Waals surface area contributed by atoms with Crippen LogP contribution in [0.2, 0.25) is 0 Å². The molecule has 2 amide bonds. The topological polar surface area (TPSA) is 58.6 Å². The summed E-state index contributed by atoms with van der Waals surface area (Å²) in [6.45, 7) is 3.43. The van der Waals surface area contributed by atoms with E-state index in [1.165, 1.54) is 7.11 Å². The summed E-state index contributed by atoms with van der Waals surface area (Å²) in [5.41, 5.74) is 2.39. The first-order valence-corrected chi connectivity index (χ1v) is 8.45. The second-order valence-corrected chi connectivity index (χ2v) is 6.15. The van der Waals surface area contributed by atoms with Crippen molar-refractivity contribution in [3.05, 3.63) is 59.2 Å². The first-order valence-electron chi connectivity index (χ1n) is 8.45. The Morgan fingerprint density at radius 1 is 1.04 bits per heavy atom. The zero-order valence-electron chi connectivity index (χ0n) is 14.5. The van der Waals surface area contributed by atoms with Crippen LogP contribution in [0.4, 0.5) is 5.69 Å². The van der Waals surface area contributed by atoms with Crippen LogP contribution in [0.3, 0.4) is 0 Å². The Balaban J connectivity index is 1.91. The number of methoxy groups -OCH3 is 1. The van der Waals surface area contributed by atoms with E-state index in [1.807, 2.05) is 30.0 Å². The number of carbonyl (C=O) groups excluding carboxylic acids is 2. The number of nitrogens with one attached hydrogen (secondary N) is 1. The van der Waals surface area contributed by atoms with Gasteiger partial charge in [-0.05, 0) is 43.5 Å². The highest BCUT2D eigenvalue weighted by Crippen LogP contribution is 2.25. The van der Waals surface area contributed by atoms with Gasteiger partial charge in [-0.3, -0.25) is 9.59 Å². The SMILES string of the molecule is COc1ccccc1C(=O)Nc1cccc(C)c1C(=O)N1CCCC1. The molecule has 25 heavy (non-hydrogen) atoms. The van der Waals surface area contributed by atoms with E-state index in [-0.39, 0.29) is 11.8 Å². The van der Waals surface area contributed by atoms with Gasteiger partial charge in [-0.25, -0.2) is 0 Å². The Morgan fingerprint density at radius 2 is 1.76 bits per heavy atom. The third-order valence-corrected chi connectivity index (χ3v) is 4.48. The molecule has 1 heterocycles. The Labute approximate surface area is 147 Å². The largest absolute Gasteiger partial charge is 0.496 e. The quantitative estimate of drug-likeness (QED) is 0.928. The maximum atomic E-state index is 12.9. The van der Waals surface area contributed by atoms with Gasteiger partial charge in [0.2, 0.25) is 0 Å². The predicted octanol–water partition coefficient (Wildman–Crippen LogP) is 3.49. The van der Waals surface area contributed by atoms with Crippen LogP contribution < -0.4 is 10.1 Å². The highest BCUT2D eigenvalue weighted by atomic mass is 16.5. The fraction of sp³-hybridized carbons (Fsp3) is 0.300. The van der Waals surface area contributed by atoms with Crippen molar-refractivity contribution in [1.29, 1.82) is 0 Å². The molecule has 130 valence electrons. The van der Waals surface area contributed by atoms with Gasteiger partial charge >= 0.3 is 0 Å². The number of likely N-dealkylation sites (tertiary alicyclic amines) is 1. The Bertz CT molecular complexity index is 795. The number of aryl methyl sites for hydroxylation is 1. The number of carbonyl (C=O) groups is 2. The van der Waals surface area contributed by atoms with Crippen LogP contribution in [-0.4, -0.2) is 36.9 Å². The van der Waals surface area contributed by atoms with E-state index in [9.17, 15) is 9.59 Å². The highest BCUT2D eigenvalue weighted by Gasteiger charge is 2.24. The van der Waals surface area contributed by atoms with Crippen molar-refractivity contribution in [2.75, 3.05) is 25.5 Å². The van der Waals surface area contributed by atoms with E-state index in [1.54, 1.807) is 24.3 Å². The Morgan fingerprint density at radius 3 is 2.48 bits per heavy atom. The van der Waals surface area contributed by atoms with Crippen LogP contribution in [0.15, 0.2) is 42.5 Å². The fourth-order valence-corrected chi connectivity index (χ4v) is 3.16. The summed E-state index contributed by atoms with van der Waals surface area (Å²) < 4.78 is 5.25. The van der Waals surface area contributed by atoms with Crippen LogP contribution in [-0.2, 0) is 0 Å². The number of rotatable bonds is 4. The molecule has 3 rings (SSSR count). The summed E-state index contributed by atoms with van der Waals surface area (Å²) in [6, 6.07) is 12.5. The molecule has 0 unspecified atom stereocenters. The summed E-state index contributed by atoms with van der Waals surface area (Å²) in [6.07, 6.45) is 2.06. The number of hydrogen-bond donors (Lipinski definition) is 1. The number of anilines is 1. The molecule has 0 aromatic heterocycles. The van der Waals surface area contributed by atoms with Crippen molar-refractivity contribution in [3.63, 3.8) is 0 Å². The zero-order valence-corrected chi connectivity index (χ0v) is 14.5. The van der Waals surface area contributed by atoms with Crippen molar-refractivity contribution >= 4 is 17.5 Å². The van der Waals surface area contributed by atoms with E-state index in [0.717, 1.165) is 31.5 Å². The van der Waals surface area contributed by atoms with Crippen molar-refractivity contribution < 1.29 is 14.3 Å². The van der Waals surface area contributed by atoms with Crippen LogP contribution in [0.5, 0.6) is 5.75 Å². The molecule has 1 N–H and O–H groups in total. The van der Waals surface area contributed by atoms with Gasteiger partial charge in [0.25, 0.3) is 11.8 Å². The number of amides is 2. The second-order valence-electron chi connectivity index (χ2n) is 6.15. The van der Waals surface area contributed by atoms with E-state index < -0.39 is 0 Å².